The van der Waals surface area contributed by atoms with Crippen molar-refractivity contribution >= 4 is 0 Å². The Morgan fingerprint density at radius 1 is 1.50 bits per heavy atom. The van der Waals surface area contributed by atoms with E-state index in [1.165, 1.54) is 0 Å². The van der Waals surface area contributed by atoms with Gasteiger partial charge in [-0.05, 0) is 27.7 Å². The molecule has 0 aliphatic heterocycles. The fraction of sp³-hybridized carbons (Fsp3) is 0.750. The highest BCUT2D eigenvalue weighted by atomic mass is 15.4. The minimum absolute atomic E-state index is 0.0146. The van der Waals surface area contributed by atoms with Gasteiger partial charge >= 0.3 is 0 Å². The van der Waals surface area contributed by atoms with Crippen LogP contribution in [0, 0.1) is 0 Å². The molecule has 0 fully saturated rings. The Kier molecular flexibility index (Phi) is 2.19. The molecule has 4 heteroatoms. The van der Waals surface area contributed by atoms with Crippen LogP contribution >= 0.6 is 0 Å². The Bertz CT molecular complexity index is 256. The molecule has 1 aromatic rings. The highest BCUT2D eigenvalue weighted by Gasteiger charge is 2.19. The maximum atomic E-state index is 5.75. The standard InChI is InChI=1S/C8H16N4/c1-6(9)7-5-10-11-12(7)8(2,3)4/h5-6H,9H2,1-4H3/t6-/m1/s1. The van der Waals surface area contributed by atoms with Gasteiger partial charge in [0.05, 0.1) is 17.4 Å². The summed E-state index contributed by atoms with van der Waals surface area (Å²) < 4.78 is 1.86. The van der Waals surface area contributed by atoms with E-state index in [0.29, 0.717) is 0 Å². The van der Waals surface area contributed by atoms with Crippen LogP contribution in [0.3, 0.4) is 0 Å². The van der Waals surface area contributed by atoms with Gasteiger partial charge in [0.2, 0.25) is 0 Å². The van der Waals surface area contributed by atoms with Crippen LogP contribution in [0.4, 0.5) is 0 Å². The van der Waals surface area contributed by atoms with Gasteiger partial charge in [-0.15, -0.1) is 5.10 Å². The van der Waals surface area contributed by atoms with Crippen LogP contribution in [-0.2, 0) is 5.54 Å². The van der Waals surface area contributed by atoms with Crippen LogP contribution in [0.1, 0.15) is 39.4 Å². The van der Waals surface area contributed by atoms with E-state index in [0.717, 1.165) is 5.69 Å². The lowest BCUT2D eigenvalue weighted by molar-refractivity contribution is 0.330. The molecule has 0 unspecified atom stereocenters. The van der Waals surface area contributed by atoms with Gasteiger partial charge in [0.15, 0.2) is 0 Å². The number of nitrogens with two attached hydrogens (primary N) is 1. The van der Waals surface area contributed by atoms with Crippen LogP contribution in [0.2, 0.25) is 0 Å². The van der Waals surface area contributed by atoms with E-state index in [1.807, 2.05) is 11.6 Å². The van der Waals surface area contributed by atoms with Crippen LogP contribution in [-0.4, -0.2) is 15.0 Å². The first-order valence-corrected chi connectivity index (χ1v) is 4.09. The van der Waals surface area contributed by atoms with Crippen LogP contribution in [0.25, 0.3) is 0 Å². The first-order valence-electron chi connectivity index (χ1n) is 4.09. The molecular formula is C8H16N4. The van der Waals surface area contributed by atoms with Crippen molar-refractivity contribution in [2.75, 3.05) is 0 Å². The Morgan fingerprint density at radius 3 is 2.42 bits per heavy atom. The van der Waals surface area contributed by atoms with E-state index in [1.54, 1.807) is 6.20 Å². The summed E-state index contributed by atoms with van der Waals surface area (Å²) in [6, 6.07) is -0.0146. The number of aromatic nitrogens is 3. The third-order valence-electron chi connectivity index (χ3n) is 1.68. The molecule has 0 saturated heterocycles. The monoisotopic (exact) mass is 168 g/mol. The fourth-order valence-electron chi connectivity index (χ4n) is 1.07. The Morgan fingerprint density at radius 2 is 2.08 bits per heavy atom. The van der Waals surface area contributed by atoms with Crippen molar-refractivity contribution in [1.29, 1.82) is 0 Å². The molecule has 1 aromatic heterocycles. The first kappa shape index (κ1) is 9.19. The quantitative estimate of drug-likeness (QED) is 0.682. The lowest BCUT2D eigenvalue weighted by Gasteiger charge is -2.22. The van der Waals surface area contributed by atoms with E-state index in [2.05, 4.69) is 31.1 Å². The lowest BCUT2D eigenvalue weighted by Crippen LogP contribution is -2.27. The van der Waals surface area contributed by atoms with Crippen LogP contribution in [0.5, 0.6) is 0 Å². The normalized spacial score (nSPS) is 14.8. The molecule has 0 aliphatic rings. The molecule has 1 rings (SSSR count). The van der Waals surface area contributed by atoms with Crippen molar-refractivity contribution in [1.82, 2.24) is 15.0 Å². The number of nitrogens with zero attached hydrogens (tertiary/aromatic N) is 3. The SMILES string of the molecule is C[C@@H](N)c1cnnn1C(C)(C)C. The Hall–Kier alpha value is -0.900. The molecular weight excluding hydrogens is 152 g/mol. The summed E-state index contributed by atoms with van der Waals surface area (Å²) in [5, 5.41) is 7.84. The smallest absolute Gasteiger partial charge is 0.0757 e. The second-order valence-corrected chi connectivity index (χ2v) is 4.03. The van der Waals surface area contributed by atoms with Crippen molar-refractivity contribution in [3.05, 3.63) is 11.9 Å². The minimum atomic E-state index is -0.0422. The zero-order valence-corrected chi connectivity index (χ0v) is 8.07. The van der Waals surface area contributed by atoms with Crippen molar-refractivity contribution in [3.8, 4) is 0 Å². The van der Waals surface area contributed by atoms with E-state index in [-0.39, 0.29) is 11.6 Å². The second-order valence-electron chi connectivity index (χ2n) is 4.03. The molecule has 4 nitrogen and oxygen atoms in total. The topological polar surface area (TPSA) is 56.7 Å². The summed E-state index contributed by atoms with van der Waals surface area (Å²) in [7, 11) is 0. The number of hydrogen-bond acceptors (Lipinski definition) is 3. The Labute approximate surface area is 72.8 Å². The zero-order valence-electron chi connectivity index (χ0n) is 8.07. The second kappa shape index (κ2) is 2.86. The van der Waals surface area contributed by atoms with Crippen LogP contribution in [0.15, 0.2) is 6.20 Å². The summed E-state index contributed by atoms with van der Waals surface area (Å²) in [5.41, 5.74) is 6.69. The van der Waals surface area contributed by atoms with Gasteiger partial charge < -0.3 is 5.73 Å². The molecule has 0 radical (unpaired) electrons. The van der Waals surface area contributed by atoms with E-state index < -0.39 is 0 Å². The van der Waals surface area contributed by atoms with Gasteiger partial charge in [0, 0.05) is 6.04 Å². The fourth-order valence-corrected chi connectivity index (χ4v) is 1.07. The van der Waals surface area contributed by atoms with Gasteiger partial charge in [-0.25, -0.2) is 4.68 Å². The maximum Gasteiger partial charge on any atom is 0.0757 e. The van der Waals surface area contributed by atoms with Gasteiger partial charge in [0.25, 0.3) is 0 Å². The molecule has 0 bridgehead atoms. The molecule has 0 aliphatic carbocycles. The molecule has 68 valence electrons. The summed E-state index contributed by atoms with van der Waals surface area (Å²) in [5.74, 6) is 0. The molecule has 12 heavy (non-hydrogen) atoms. The summed E-state index contributed by atoms with van der Waals surface area (Å²) in [4.78, 5) is 0. The van der Waals surface area contributed by atoms with Gasteiger partial charge in [-0.1, -0.05) is 5.21 Å². The maximum absolute atomic E-state index is 5.75. The van der Waals surface area contributed by atoms with Crippen molar-refractivity contribution in [3.63, 3.8) is 0 Å². The largest absolute Gasteiger partial charge is 0.323 e. The van der Waals surface area contributed by atoms with Gasteiger partial charge in [-0.3, -0.25) is 0 Å². The van der Waals surface area contributed by atoms with Crippen LogP contribution < -0.4 is 5.73 Å². The summed E-state index contributed by atoms with van der Waals surface area (Å²) in [6.45, 7) is 8.16. The third kappa shape index (κ3) is 1.64. The minimum Gasteiger partial charge on any atom is -0.323 e. The molecule has 0 saturated carbocycles. The molecule has 0 aromatic carbocycles. The van der Waals surface area contributed by atoms with Crippen molar-refractivity contribution < 1.29 is 0 Å². The molecule has 0 amide bonds. The average Bonchev–Trinajstić information content (AvgIpc) is 2.30. The zero-order chi connectivity index (χ0) is 9.35. The molecule has 0 spiro atoms. The molecule has 2 N–H and O–H groups in total. The van der Waals surface area contributed by atoms with Gasteiger partial charge in [0.1, 0.15) is 0 Å². The number of hydrogen-bond donors (Lipinski definition) is 1. The first-order chi connectivity index (χ1) is 5.43. The van der Waals surface area contributed by atoms with Crippen molar-refractivity contribution in [2.45, 2.75) is 39.3 Å². The molecule has 1 atom stereocenters. The summed E-state index contributed by atoms with van der Waals surface area (Å²) >= 11 is 0. The number of rotatable bonds is 1. The summed E-state index contributed by atoms with van der Waals surface area (Å²) in [6.07, 6.45) is 1.72. The Balaban J connectivity index is 3.08. The predicted octanol–water partition coefficient (Wildman–Crippen LogP) is 1.05. The highest BCUT2D eigenvalue weighted by molar-refractivity contribution is 5.02. The van der Waals surface area contributed by atoms with Crippen molar-refractivity contribution in [2.24, 2.45) is 5.73 Å². The predicted molar refractivity (Wildman–Crippen MR) is 47.6 cm³/mol. The lowest BCUT2D eigenvalue weighted by atomic mass is 10.1. The van der Waals surface area contributed by atoms with E-state index >= 15 is 0 Å². The average molecular weight is 168 g/mol. The van der Waals surface area contributed by atoms with E-state index in [4.69, 9.17) is 5.73 Å². The van der Waals surface area contributed by atoms with E-state index in [9.17, 15) is 0 Å². The highest BCUT2D eigenvalue weighted by Crippen LogP contribution is 2.17. The molecule has 1 heterocycles. The van der Waals surface area contributed by atoms with Gasteiger partial charge in [-0.2, -0.15) is 0 Å². The third-order valence-corrected chi connectivity index (χ3v) is 1.68.